The summed E-state index contributed by atoms with van der Waals surface area (Å²) in [6.07, 6.45) is 4.91. The zero-order chi connectivity index (χ0) is 16.1. The molecule has 1 aromatic carbocycles. The molecule has 118 valence electrons. The van der Waals surface area contributed by atoms with Gasteiger partial charge in [-0.1, -0.05) is 29.8 Å². The van der Waals surface area contributed by atoms with Crippen LogP contribution >= 0.6 is 0 Å². The highest BCUT2D eigenvalue weighted by Gasteiger charge is 2.16. The Kier molecular flexibility index (Phi) is 4.83. The number of aryl methyl sites for hydroxylation is 1. The van der Waals surface area contributed by atoms with Crippen LogP contribution in [0.25, 0.3) is 5.57 Å². The third-order valence-corrected chi connectivity index (χ3v) is 3.99. The van der Waals surface area contributed by atoms with Crippen molar-refractivity contribution >= 4 is 17.2 Å². The fourth-order valence-electron chi connectivity index (χ4n) is 2.68. The number of benzene rings is 1. The van der Waals surface area contributed by atoms with E-state index in [0.29, 0.717) is 6.54 Å². The minimum Gasteiger partial charge on any atom is -0.325 e. The van der Waals surface area contributed by atoms with E-state index in [1.807, 2.05) is 55.6 Å². The molecule has 0 atom stereocenters. The van der Waals surface area contributed by atoms with Gasteiger partial charge in [0.1, 0.15) is 0 Å². The monoisotopic (exact) mass is 307 g/mol. The van der Waals surface area contributed by atoms with Crippen molar-refractivity contribution in [1.82, 2.24) is 9.88 Å². The second kappa shape index (κ2) is 7.20. The number of carbonyl (C=O) groups is 1. The molecule has 1 amide bonds. The van der Waals surface area contributed by atoms with Gasteiger partial charge in [-0.05, 0) is 43.2 Å². The van der Waals surface area contributed by atoms with Crippen molar-refractivity contribution in [2.24, 2.45) is 0 Å². The summed E-state index contributed by atoms with van der Waals surface area (Å²) in [4.78, 5) is 18.7. The summed E-state index contributed by atoms with van der Waals surface area (Å²) in [6.45, 7) is 4.11. The highest BCUT2D eigenvalue weighted by atomic mass is 16.2. The van der Waals surface area contributed by atoms with E-state index in [-0.39, 0.29) is 5.91 Å². The lowest BCUT2D eigenvalue weighted by Crippen LogP contribution is -2.36. The predicted octanol–water partition coefficient (Wildman–Crippen LogP) is 3.12. The molecule has 0 radical (unpaired) electrons. The number of pyridine rings is 1. The maximum absolute atomic E-state index is 12.1. The van der Waals surface area contributed by atoms with Gasteiger partial charge in [0.2, 0.25) is 5.91 Å². The van der Waals surface area contributed by atoms with Crippen molar-refractivity contribution in [1.29, 1.82) is 0 Å². The Balaban J connectivity index is 1.53. The molecule has 0 saturated heterocycles. The van der Waals surface area contributed by atoms with E-state index < -0.39 is 0 Å². The second-order valence-electron chi connectivity index (χ2n) is 5.84. The molecular formula is C19H21N3O. The molecule has 0 bridgehead atoms. The van der Waals surface area contributed by atoms with Gasteiger partial charge in [-0.3, -0.25) is 14.7 Å². The van der Waals surface area contributed by atoms with Crippen LogP contribution in [0.3, 0.4) is 0 Å². The Morgan fingerprint density at radius 2 is 2.04 bits per heavy atom. The third-order valence-electron chi connectivity index (χ3n) is 3.99. The van der Waals surface area contributed by atoms with Gasteiger partial charge in [-0.25, -0.2) is 0 Å². The summed E-state index contributed by atoms with van der Waals surface area (Å²) < 4.78 is 0. The van der Waals surface area contributed by atoms with E-state index in [4.69, 9.17) is 0 Å². The van der Waals surface area contributed by atoms with Crippen molar-refractivity contribution in [2.75, 3.05) is 25.0 Å². The number of nitrogens with one attached hydrogen (secondary N) is 1. The normalized spacial score (nSPS) is 15.1. The molecule has 2 heterocycles. The van der Waals surface area contributed by atoms with Gasteiger partial charge in [0.25, 0.3) is 0 Å². The van der Waals surface area contributed by atoms with Crippen LogP contribution in [0, 0.1) is 6.92 Å². The lowest BCUT2D eigenvalue weighted by Gasteiger charge is -2.25. The maximum atomic E-state index is 12.1. The van der Waals surface area contributed by atoms with Crippen LogP contribution in [0.1, 0.15) is 17.7 Å². The van der Waals surface area contributed by atoms with Gasteiger partial charge in [-0.15, -0.1) is 0 Å². The van der Waals surface area contributed by atoms with E-state index in [2.05, 4.69) is 21.3 Å². The van der Waals surface area contributed by atoms with Crippen molar-refractivity contribution in [3.63, 3.8) is 0 Å². The Labute approximate surface area is 136 Å². The van der Waals surface area contributed by atoms with Crippen LogP contribution in [0.4, 0.5) is 5.69 Å². The van der Waals surface area contributed by atoms with E-state index in [9.17, 15) is 4.79 Å². The molecule has 2 aromatic rings. The first-order chi connectivity index (χ1) is 11.2. The Hall–Kier alpha value is -2.46. The summed E-state index contributed by atoms with van der Waals surface area (Å²) in [6, 6.07) is 13.8. The summed E-state index contributed by atoms with van der Waals surface area (Å²) in [5.41, 5.74) is 4.34. The fourth-order valence-corrected chi connectivity index (χ4v) is 2.68. The molecule has 1 aliphatic rings. The average Bonchev–Trinajstić information content (AvgIpc) is 2.58. The van der Waals surface area contributed by atoms with Crippen LogP contribution in [0.15, 0.2) is 54.7 Å². The van der Waals surface area contributed by atoms with Gasteiger partial charge in [0.15, 0.2) is 0 Å². The number of aromatic nitrogens is 1. The molecular weight excluding hydrogens is 286 g/mol. The first kappa shape index (κ1) is 15.4. The van der Waals surface area contributed by atoms with E-state index in [1.165, 1.54) is 11.1 Å². The van der Waals surface area contributed by atoms with Crippen LogP contribution in [-0.4, -0.2) is 35.4 Å². The van der Waals surface area contributed by atoms with Gasteiger partial charge in [-0.2, -0.15) is 0 Å². The Morgan fingerprint density at radius 1 is 1.22 bits per heavy atom. The number of hydrogen-bond donors (Lipinski definition) is 1. The molecule has 1 N–H and O–H groups in total. The smallest absolute Gasteiger partial charge is 0.238 e. The van der Waals surface area contributed by atoms with Crippen molar-refractivity contribution in [3.8, 4) is 0 Å². The van der Waals surface area contributed by atoms with Crippen molar-refractivity contribution in [2.45, 2.75) is 13.3 Å². The summed E-state index contributed by atoms with van der Waals surface area (Å²) in [7, 11) is 0. The molecule has 0 fully saturated rings. The van der Waals surface area contributed by atoms with E-state index in [1.54, 1.807) is 0 Å². The number of hydrogen-bond acceptors (Lipinski definition) is 3. The molecule has 0 aliphatic carbocycles. The molecule has 23 heavy (non-hydrogen) atoms. The molecule has 4 nitrogen and oxygen atoms in total. The molecule has 4 heteroatoms. The molecule has 1 aromatic heterocycles. The van der Waals surface area contributed by atoms with Crippen molar-refractivity contribution in [3.05, 3.63) is 66.0 Å². The number of amides is 1. The zero-order valence-electron chi connectivity index (χ0n) is 13.3. The topological polar surface area (TPSA) is 45.2 Å². The largest absolute Gasteiger partial charge is 0.325 e. The summed E-state index contributed by atoms with van der Waals surface area (Å²) >= 11 is 0. The van der Waals surface area contributed by atoms with Crippen LogP contribution in [-0.2, 0) is 4.79 Å². The molecule has 0 saturated carbocycles. The minimum atomic E-state index is 0.0311. The van der Waals surface area contributed by atoms with Crippen LogP contribution < -0.4 is 5.32 Å². The molecule has 1 aliphatic heterocycles. The molecule has 3 rings (SSSR count). The zero-order valence-corrected chi connectivity index (χ0v) is 13.3. The first-order valence-corrected chi connectivity index (χ1v) is 7.90. The van der Waals surface area contributed by atoms with Gasteiger partial charge in [0.05, 0.1) is 12.2 Å². The minimum absolute atomic E-state index is 0.0311. The highest BCUT2D eigenvalue weighted by Crippen LogP contribution is 2.20. The number of rotatable bonds is 4. The number of anilines is 1. The first-order valence-electron chi connectivity index (χ1n) is 7.90. The third kappa shape index (κ3) is 4.27. The SMILES string of the molecule is Cc1ccc(NC(=O)CN2CC=C(c3ccccn3)CC2)cc1. The van der Waals surface area contributed by atoms with Crippen LogP contribution in [0.2, 0.25) is 0 Å². The van der Waals surface area contributed by atoms with Gasteiger partial charge >= 0.3 is 0 Å². The lowest BCUT2D eigenvalue weighted by molar-refractivity contribution is -0.117. The highest BCUT2D eigenvalue weighted by molar-refractivity contribution is 5.92. The lowest BCUT2D eigenvalue weighted by atomic mass is 10.0. The van der Waals surface area contributed by atoms with Gasteiger partial charge < -0.3 is 5.32 Å². The Morgan fingerprint density at radius 3 is 2.70 bits per heavy atom. The predicted molar refractivity (Wildman–Crippen MR) is 93.1 cm³/mol. The number of carbonyl (C=O) groups excluding carboxylic acids is 1. The van der Waals surface area contributed by atoms with Gasteiger partial charge in [0, 0.05) is 25.0 Å². The number of nitrogens with zero attached hydrogens (tertiary/aromatic N) is 2. The van der Waals surface area contributed by atoms with E-state index >= 15 is 0 Å². The van der Waals surface area contributed by atoms with E-state index in [0.717, 1.165) is 30.9 Å². The maximum Gasteiger partial charge on any atom is 0.238 e. The second-order valence-corrected chi connectivity index (χ2v) is 5.84. The molecule has 0 spiro atoms. The summed E-state index contributed by atoms with van der Waals surface area (Å²) in [5, 5.41) is 2.95. The molecule has 0 unspecified atom stereocenters. The average molecular weight is 307 g/mol. The fraction of sp³-hybridized carbons (Fsp3) is 0.263. The van der Waals surface area contributed by atoms with Crippen molar-refractivity contribution < 1.29 is 4.79 Å². The quantitative estimate of drug-likeness (QED) is 0.944. The standard InChI is InChI=1S/C19H21N3O/c1-15-5-7-17(8-6-15)21-19(23)14-22-12-9-16(10-13-22)18-4-2-3-11-20-18/h2-9,11H,10,12-14H2,1H3,(H,21,23). The van der Waals surface area contributed by atoms with Crippen LogP contribution in [0.5, 0.6) is 0 Å². The Bertz CT molecular complexity index is 692. The summed E-state index contributed by atoms with van der Waals surface area (Å²) in [5.74, 6) is 0.0311.